The van der Waals surface area contributed by atoms with E-state index >= 15 is 0 Å². The molecule has 0 N–H and O–H groups in total. The van der Waals surface area contributed by atoms with Crippen molar-refractivity contribution in [3.63, 3.8) is 0 Å². The molecule has 0 saturated carbocycles. The van der Waals surface area contributed by atoms with Crippen LogP contribution in [-0.2, 0) is 4.79 Å². The third-order valence-electron chi connectivity index (χ3n) is 6.07. The van der Waals surface area contributed by atoms with Gasteiger partial charge in [-0.1, -0.05) is 67.6 Å². The summed E-state index contributed by atoms with van der Waals surface area (Å²) in [7, 11) is 0. The second-order valence-electron chi connectivity index (χ2n) is 7.62. The Kier molecular flexibility index (Phi) is 4.06. The summed E-state index contributed by atoms with van der Waals surface area (Å²) < 4.78 is 13.5. The number of fused-ring (bicyclic) bond motifs is 5. The van der Waals surface area contributed by atoms with Crippen LogP contribution in [0.25, 0.3) is 21.5 Å². The van der Waals surface area contributed by atoms with Crippen LogP contribution in [0.1, 0.15) is 40.7 Å². The molecule has 2 unspecified atom stereocenters. The van der Waals surface area contributed by atoms with Gasteiger partial charge < -0.3 is 0 Å². The number of carbonyl (C=O) groups is 2. The maximum atomic E-state index is 13.5. The first-order valence-corrected chi connectivity index (χ1v) is 9.88. The predicted octanol–water partition coefficient (Wildman–Crippen LogP) is 6.06. The van der Waals surface area contributed by atoms with E-state index in [-0.39, 0.29) is 17.4 Å². The molecule has 0 bridgehead atoms. The van der Waals surface area contributed by atoms with Crippen LogP contribution in [0.15, 0.2) is 72.8 Å². The van der Waals surface area contributed by atoms with E-state index in [2.05, 4.69) is 12.1 Å². The largest absolute Gasteiger partial charge is 0.298 e. The molecule has 1 aliphatic carbocycles. The van der Waals surface area contributed by atoms with Gasteiger partial charge in [-0.25, -0.2) is 4.39 Å². The molecule has 29 heavy (non-hydrogen) atoms. The molecular formula is C26H19FO2. The SMILES string of the molecule is CCC1C(=O)c2c(ccc3c2ccc2ccccc23)C(c2ccc(F)cc2)C1=O. The molecule has 4 aromatic rings. The summed E-state index contributed by atoms with van der Waals surface area (Å²) in [6.07, 6.45) is 0.457. The first kappa shape index (κ1) is 17.7. The molecule has 0 fully saturated rings. The summed E-state index contributed by atoms with van der Waals surface area (Å²) in [6.45, 7) is 1.87. The Morgan fingerprint density at radius 1 is 0.793 bits per heavy atom. The van der Waals surface area contributed by atoms with E-state index in [1.54, 1.807) is 12.1 Å². The van der Waals surface area contributed by atoms with Gasteiger partial charge in [0, 0.05) is 5.56 Å². The maximum Gasteiger partial charge on any atom is 0.174 e. The molecule has 1 aliphatic rings. The lowest BCUT2D eigenvalue weighted by molar-refractivity contribution is -0.122. The third kappa shape index (κ3) is 2.61. The van der Waals surface area contributed by atoms with Crippen LogP contribution < -0.4 is 0 Å². The normalized spacial score (nSPS) is 19.0. The van der Waals surface area contributed by atoms with Crippen molar-refractivity contribution >= 4 is 33.1 Å². The Bertz CT molecular complexity index is 1290. The fourth-order valence-corrected chi connectivity index (χ4v) is 4.66. The number of hydrogen-bond donors (Lipinski definition) is 0. The van der Waals surface area contributed by atoms with Crippen LogP contribution in [0.4, 0.5) is 4.39 Å². The molecule has 2 atom stereocenters. The van der Waals surface area contributed by atoms with Crippen LogP contribution in [-0.4, -0.2) is 11.6 Å². The molecule has 0 amide bonds. The zero-order chi connectivity index (χ0) is 20.1. The molecule has 5 rings (SSSR count). The molecule has 0 saturated heterocycles. The standard InChI is InChI=1S/C26H19FO2/c1-2-18-25(28)23(16-7-10-17(27)11-8-16)22-14-13-20-19-6-4-3-5-15(19)9-12-21(20)24(22)26(18)29/h3-14,18,23H,2H2,1H3. The molecule has 0 spiro atoms. The van der Waals surface area contributed by atoms with E-state index in [0.29, 0.717) is 12.0 Å². The third-order valence-corrected chi connectivity index (χ3v) is 6.07. The number of benzene rings is 4. The molecule has 0 radical (unpaired) electrons. The molecule has 0 aromatic heterocycles. The maximum absolute atomic E-state index is 13.5. The highest BCUT2D eigenvalue weighted by molar-refractivity contribution is 6.24. The van der Waals surface area contributed by atoms with Crippen LogP contribution in [0.2, 0.25) is 0 Å². The van der Waals surface area contributed by atoms with Gasteiger partial charge in [-0.15, -0.1) is 0 Å². The Balaban J connectivity index is 1.84. The zero-order valence-electron chi connectivity index (χ0n) is 16.0. The average Bonchev–Trinajstić information content (AvgIpc) is 2.74. The lowest BCUT2D eigenvalue weighted by Gasteiger charge is -2.30. The van der Waals surface area contributed by atoms with Crippen molar-refractivity contribution in [3.05, 3.63) is 95.3 Å². The number of Topliss-reactive ketones (excluding diaryl/α,β-unsaturated/α-hetero) is 2. The van der Waals surface area contributed by atoms with Gasteiger partial charge in [0.15, 0.2) is 11.6 Å². The van der Waals surface area contributed by atoms with Gasteiger partial charge in [-0.2, -0.15) is 0 Å². The van der Waals surface area contributed by atoms with Crippen molar-refractivity contribution in [1.82, 2.24) is 0 Å². The number of carbonyl (C=O) groups excluding carboxylic acids is 2. The lowest BCUT2D eigenvalue weighted by atomic mass is 9.70. The monoisotopic (exact) mass is 382 g/mol. The minimum atomic E-state index is -0.672. The predicted molar refractivity (Wildman–Crippen MR) is 113 cm³/mol. The first-order chi connectivity index (χ1) is 14.1. The minimum absolute atomic E-state index is 0.100. The van der Waals surface area contributed by atoms with E-state index in [4.69, 9.17) is 0 Å². The smallest absolute Gasteiger partial charge is 0.174 e. The molecular weight excluding hydrogens is 363 g/mol. The summed E-state index contributed by atoms with van der Waals surface area (Å²) in [5, 5.41) is 4.09. The summed E-state index contributed by atoms with van der Waals surface area (Å²) in [6, 6.07) is 22.0. The van der Waals surface area contributed by atoms with Gasteiger partial charge >= 0.3 is 0 Å². The second kappa shape index (κ2) is 6.63. The van der Waals surface area contributed by atoms with Gasteiger partial charge in [0.1, 0.15) is 5.82 Å². The minimum Gasteiger partial charge on any atom is -0.298 e. The van der Waals surface area contributed by atoms with Gasteiger partial charge in [0.25, 0.3) is 0 Å². The fourth-order valence-electron chi connectivity index (χ4n) is 4.66. The van der Waals surface area contributed by atoms with Crippen LogP contribution >= 0.6 is 0 Å². The van der Waals surface area contributed by atoms with Gasteiger partial charge in [-0.05, 0) is 51.2 Å². The number of ketones is 2. The number of halogens is 1. The average molecular weight is 382 g/mol. The summed E-state index contributed by atoms with van der Waals surface area (Å²) >= 11 is 0. The molecule has 3 heteroatoms. The summed E-state index contributed by atoms with van der Waals surface area (Å²) in [5.41, 5.74) is 2.08. The van der Waals surface area contributed by atoms with E-state index < -0.39 is 11.8 Å². The van der Waals surface area contributed by atoms with Gasteiger partial charge in [0.05, 0.1) is 11.8 Å². The molecule has 2 nitrogen and oxygen atoms in total. The van der Waals surface area contributed by atoms with Crippen molar-refractivity contribution < 1.29 is 14.0 Å². The van der Waals surface area contributed by atoms with Crippen molar-refractivity contribution in [3.8, 4) is 0 Å². The number of hydrogen-bond acceptors (Lipinski definition) is 2. The van der Waals surface area contributed by atoms with Crippen molar-refractivity contribution in [2.24, 2.45) is 5.92 Å². The molecule has 4 aromatic carbocycles. The van der Waals surface area contributed by atoms with Crippen molar-refractivity contribution in [2.45, 2.75) is 19.3 Å². The fraction of sp³-hybridized carbons (Fsp3) is 0.154. The Hall–Kier alpha value is -3.33. The van der Waals surface area contributed by atoms with Crippen LogP contribution in [0.5, 0.6) is 0 Å². The highest BCUT2D eigenvalue weighted by atomic mass is 19.1. The summed E-state index contributed by atoms with van der Waals surface area (Å²) in [5.74, 6) is -1.77. The van der Waals surface area contributed by atoms with Crippen molar-refractivity contribution in [1.29, 1.82) is 0 Å². The topological polar surface area (TPSA) is 34.1 Å². The highest BCUT2D eigenvalue weighted by Gasteiger charge is 2.41. The van der Waals surface area contributed by atoms with E-state index in [9.17, 15) is 14.0 Å². The highest BCUT2D eigenvalue weighted by Crippen LogP contribution is 2.42. The Morgan fingerprint density at radius 2 is 1.52 bits per heavy atom. The second-order valence-corrected chi connectivity index (χ2v) is 7.62. The van der Waals surface area contributed by atoms with E-state index in [1.165, 1.54) is 12.1 Å². The molecule has 0 heterocycles. The van der Waals surface area contributed by atoms with E-state index in [1.807, 2.05) is 43.3 Å². The van der Waals surface area contributed by atoms with Crippen molar-refractivity contribution in [2.75, 3.05) is 0 Å². The number of rotatable bonds is 2. The lowest BCUT2D eigenvalue weighted by Crippen LogP contribution is -2.35. The zero-order valence-corrected chi connectivity index (χ0v) is 16.0. The Labute approximate surface area is 168 Å². The van der Waals surface area contributed by atoms with Crippen LogP contribution in [0.3, 0.4) is 0 Å². The first-order valence-electron chi connectivity index (χ1n) is 9.88. The van der Waals surface area contributed by atoms with E-state index in [0.717, 1.165) is 32.7 Å². The quantitative estimate of drug-likeness (QED) is 0.312. The van der Waals surface area contributed by atoms with Gasteiger partial charge in [0.2, 0.25) is 0 Å². The van der Waals surface area contributed by atoms with Gasteiger partial charge in [-0.3, -0.25) is 9.59 Å². The Morgan fingerprint density at radius 3 is 2.28 bits per heavy atom. The summed E-state index contributed by atoms with van der Waals surface area (Å²) in [4.78, 5) is 26.6. The van der Waals surface area contributed by atoms with Crippen LogP contribution in [0, 0.1) is 11.7 Å². The molecule has 142 valence electrons. The molecule has 0 aliphatic heterocycles.